The Morgan fingerprint density at radius 3 is 2.44 bits per heavy atom. The first-order valence-electron chi connectivity index (χ1n) is 12.9. The van der Waals surface area contributed by atoms with Crippen LogP contribution in [0.2, 0.25) is 0 Å². The molecule has 4 heterocycles. The number of anilines is 3. The number of carbonyl (C=O) groups excluding carboxylic acids is 2. The number of hydrogen-bond acceptors (Lipinski definition) is 9. The predicted molar refractivity (Wildman–Crippen MR) is 137 cm³/mol. The Morgan fingerprint density at radius 1 is 1.08 bits per heavy atom. The van der Waals surface area contributed by atoms with Crippen LogP contribution in [-0.2, 0) is 16.1 Å². The number of piperazine rings is 1. The van der Waals surface area contributed by atoms with Gasteiger partial charge in [0.1, 0.15) is 5.82 Å². The molecule has 10 nitrogen and oxygen atoms in total. The van der Waals surface area contributed by atoms with Gasteiger partial charge in [-0.25, -0.2) is 9.97 Å². The van der Waals surface area contributed by atoms with Crippen LogP contribution >= 0.6 is 0 Å². The minimum Gasteiger partial charge on any atom is -0.467 e. The summed E-state index contributed by atoms with van der Waals surface area (Å²) in [6, 6.07) is 4.09. The zero-order valence-corrected chi connectivity index (χ0v) is 21.4. The number of amides is 1. The fraction of sp³-hybridized carbons (Fsp3) is 0.577. The summed E-state index contributed by atoms with van der Waals surface area (Å²) in [4.78, 5) is 47.5. The Morgan fingerprint density at radius 2 is 1.81 bits per heavy atom. The Kier molecular flexibility index (Phi) is 7.15. The topological polar surface area (TPSA) is 95.0 Å². The van der Waals surface area contributed by atoms with E-state index in [0.29, 0.717) is 23.3 Å². The average Bonchev–Trinajstić information content (AvgIpc) is 3.43. The zero-order valence-electron chi connectivity index (χ0n) is 21.4. The molecule has 0 radical (unpaired) electrons. The van der Waals surface area contributed by atoms with Gasteiger partial charge in [-0.2, -0.15) is 4.98 Å². The Labute approximate surface area is 212 Å². The lowest BCUT2D eigenvalue weighted by molar-refractivity contribution is -0.136. The third kappa shape index (κ3) is 4.92. The molecule has 0 N–H and O–H groups in total. The molecule has 2 fully saturated rings. The lowest BCUT2D eigenvalue weighted by Crippen LogP contribution is -2.53. The molecule has 5 rings (SSSR count). The van der Waals surface area contributed by atoms with Crippen molar-refractivity contribution >= 4 is 29.3 Å². The molecule has 10 heteroatoms. The zero-order chi connectivity index (χ0) is 25.2. The van der Waals surface area contributed by atoms with Gasteiger partial charge in [0.05, 0.1) is 6.20 Å². The fourth-order valence-corrected chi connectivity index (χ4v) is 5.28. The number of rotatable bonds is 7. The van der Waals surface area contributed by atoms with Crippen molar-refractivity contribution in [3.63, 3.8) is 0 Å². The van der Waals surface area contributed by atoms with Gasteiger partial charge in [0.2, 0.25) is 12.1 Å². The van der Waals surface area contributed by atoms with E-state index in [9.17, 15) is 9.59 Å². The van der Waals surface area contributed by atoms with E-state index in [-0.39, 0.29) is 17.7 Å². The molecule has 36 heavy (non-hydrogen) atoms. The van der Waals surface area contributed by atoms with Crippen LogP contribution in [0.4, 0.5) is 17.6 Å². The number of fused-ring (bicyclic) bond motifs is 1. The van der Waals surface area contributed by atoms with E-state index in [1.807, 2.05) is 19.3 Å². The Bertz CT molecular complexity index is 1100. The van der Waals surface area contributed by atoms with Gasteiger partial charge in [-0.1, -0.05) is 25.8 Å². The molecule has 1 aliphatic carbocycles. The molecule has 192 valence electrons. The predicted octanol–water partition coefficient (Wildman–Crippen LogP) is 2.40. The van der Waals surface area contributed by atoms with Crippen LogP contribution < -0.4 is 14.5 Å². The van der Waals surface area contributed by atoms with Crippen LogP contribution in [0.3, 0.4) is 0 Å². The minimum absolute atomic E-state index is 0.0201. The van der Waals surface area contributed by atoms with Gasteiger partial charge >= 0.3 is 0 Å². The lowest BCUT2D eigenvalue weighted by Gasteiger charge is -2.36. The molecule has 1 saturated carbocycles. The minimum atomic E-state index is -1.13. The van der Waals surface area contributed by atoms with Crippen molar-refractivity contribution in [3.8, 4) is 5.75 Å². The van der Waals surface area contributed by atoms with Crippen molar-refractivity contribution in [2.45, 2.75) is 58.2 Å². The van der Waals surface area contributed by atoms with Crippen molar-refractivity contribution in [2.24, 2.45) is 0 Å². The second-order valence-corrected chi connectivity index (χ2v) is 9.91. The van der Waals surface area contributed by atoms with Crippen molar-refractivity contribution in [1.82, 2.24) is 24.8 Å². The highest BCUT2D eigenvalue weighted by molar-refractivity contribution is 6.12. The second kappa shape index (κ2) is 10.5. The van der Waals surface area contributed by atoms with Crippen LogP contribution in [0.25, 0.3) is 0 Å². The van der Waals surface area contributed by atoms with Crippen LogP contribution in [0.15, 0.2) is 24.5 Å². The summed E-state index contributed by atoms with van der Waals surface area (Å²) in [5.74, 6) is 1.29. The highest BCUT2D eigenvalue weighted by Gasteiger charge is 2.42. The average molecular weight is 494 g/mol. The summed E-state index contributed by atoms with van der Waals surface area (Å²) >= 11 is 0. The highest BCUT2D eigenvalue weighted by atomic mass is 16.5. The molecule has 1 atom stereocenters. The molecule has 0 aromatic carbocycles. The number of carbonyl (C=O) groups is 2. The summed E-state index contributed by atoms with van der Waals surface area (Å²) < 4.78 is 5.73. The summed E-state index contributed by atoms with van der Waals surface area (Å²) in [6.45, 7) is 9.94. The third-order valence-corrected chi connectivity index (χ3v) is 7.49. The van der Waals surface area contributed by atoms with Crippen molar-refractivity contribution < 1.29 is 14.3 Å². The van der Waals surface area contributed by atoms with E-state index in [1.165, 1.54) is 12.5 Å². The summed E-state index contributed by atoms with van der Waals surface area (Å²) in [7, 11) is 1.86. The van der Waals surface area contributed by atoms with Crippen molar-refractivity contribution in [3.05, 3.63) is 30.1 Å². The molecule has 3 aliphatic rings. The molecule has 1 amide bonds. The van der Waals surface area contributed by atoms with E-state index in [2.05, 4.69) is 32.8 Å². The number of likely N-dealkylation sites (N-methyl/N-ethyl adjacent to an activating group) is 1. The number of hydrogen-bond donors (Lipinski definition) is 0. The number of pyridine rings is 1. The fourth-order valence-electron chi connectivity index (χ4n) is 5.28. The Hall–Kier alpha value is -3.11. The summed E-state index contributed by atoms with van der Waals surface area (Å²) in [6.07, 6.45) is 6.22. The second-order valence-electron chi connectivity index (χ2n) is 9.91. The van der Waals surface area contributed by atoms with Crippen LogP contribution in [-0.4, -0.2) is 88.4 Å². The van der Waals surface area contributed by atoms with Gasteiger partial charge in [-0.3, -0.25) is 24.3 Å². The maximum absolute atomic E-state index is 13.2. The largest absolute Gasteiger partial charge is 0.467 e. The third-order valence-electron chi connectivity index (χ3n) is 7.49. The molecule has 2 aromatic rings. The van der Waals surface area contributed by atoms with Crippen molar-refractivity contribution in [2.75, 3.05) is 49.6 Å². The first-order valence-corrected chi connectivity index (χ1v) is 12.9. The number of ether oxygens (including phenoxy) is 1. The quantitative estimate of drug-likeness (QED) is 0.539. The first-order chi connectivity index (χ1) is 17.4. The molecular weight excluding hydrogens is 458 g/mol. The van der Waals surface area contributed by atoms with Gasteiger partial charge in [-0.05, 0) is 37.9 Å². The molecule has 0 spiro atoms. The van der Waals surface area contributed by atoms with E-state index in [1.54, 1.807) is 16.0 Å². The Balaban J connectivity index is 1.33. The number of Topliss-reactive ketones (excluding diaryl/α,β-unsaturated/α-hetero) is 1. The number of aromatic nitrogens is 3. The lowest BCUT2D eigenvalue weighted by atomic mass is 10.1. The monoisotopic (exact) mass is 493 g/mol. The normalized spacial score (nSPS) is 21.4. The first kappa shape index (κ1) is 24.6. The van der Waals surface area contributed by atoms with E-state index >= 15 is 0 Å². The van der Waals surface area contributed by atoms with Crippen LogP contribution in [0.1, 0.15) is 45.1 Å². The van der Waals surface area contributed by atoms with Gasteiger partial charge in [0.25, 0.3) is 5.91 Å². The molecule has 1 saturated heterocycles. The van der Waals surface area contributed by atoms with Crippen LogP contribution in [0, 0.1) is 0 Å². The summed E-state index contributed by atoms with van der Waals surface area (Å²) in [5.41, 5.74) is 1.17. The number of ketones is 1. The molecular formula is C26H35N7O3. The van der Waals surface area contributed by atoms with Gasteiger partial charge in [-0.15, -0.1) is 0 Å². The maximum atomic E-state index is 13.2. The van der Waals surface area contributed by atoms with Crippen LogP contribution in [0.5, 0.6) is 5.75 Å². The number of nitrogens with zero attached hydrogens (tertiary/aromatic N) is 7. The van der Waals surface area contributed by atoms with Crippen molar-refractivity contribution in [1.29, 1.82) is 0 Å². The summed E-state index contributed by atoms with van der Waals surface area (Å²) in [5, 5.41) is 0. The van der Waals surface area contributed by atoms with Gasteiger partial charge in [0, 0.05) is 52.0 Å². The van der Waals surface area contributed by atoms with E-state index < -0.39 is 6.10 Å². The van der Waals surface area contributed by atoms with Gasteiger partial charge in [0.15, 0.2) is 17.4 Å². The smallest absolute Gasteiger partial charge is 0.277 e. The van der Waals surface area contributed by atoms with Gasteiger partial charge < -0.3 is 9.64 Å². The molecule has 2 aliphatic heterocycles. The maximum Gasteiger partial charge on any atom is 0.277 e. The molecule has 2 aromatic heterocycles. The standard InChI is InChI=1S/C26H35N7O3/c1-4-31-11-13-32(14-12-31)17-19-9-10-22(27-15-19)30(3)26-28-16-21-24(29-26)33(20-7-5-6-8-20)25(35)23(36-21)18(2)34/h9-10,15-16,20,23H,4-8,11-14,17H2,1-3H3. The molecule has 0 bridgehead atoms. The SMILES string of the molecule is CCN1CCN(Cc2ccc(N(C)c3ncc4c(n3)N(C3CCCC3)C(=O)C(C(C)=O)O4)nc2)CC1. The van der Waals surface area contributed by atoms with E-state index in [0.717, 1.165) is 65.0 Å². The van der Waals surface area contributed by atoms with E-state index in [4.69, 9.17) is 9.72 Å². The molecule has 1 unspecified atom stereocenters. The highest BCUT2D eigenvalue weighted by Crippen LogP contribution is 2.38.